The highest BCUT2D eigenvalue weighted by Gasteiger charge is 2.15. The van der Waals surface area contributed by atoms with Crippen molar-refractivity contribution in [3.63, 3.8) is 0 Å². The first kappa shape index (κ1) is 12.8. The highest BCUT2D eigenvalue weighted by Crippen LogP contribution is 2.23. The number of amides is 1. The minimum absolute atomic E-state index is 0.0923. The highest BCUT2D eigenvalue weighted by atomic mass is 35.5. The first-order chi connectivity index (χ1) is 7.23. The predicted molar refractivity (Wildman–Crippen MR) is 63.2 cm³/mol. The summed E-state index contributed by atoms with van der Waals surface area (Å²) in [4.78, 5) is 11.0. The van der Waals surface area contributed by atoms with Crippen molar-refractivity contribution in [3.8, 4) is 0 Å². The monoisotopic (exact) mass is 262 g/mol. The van der Waals surface area contributed by atoms with Gasteiger partial charge < -0.3 is 5.73 Å². The van der Waals surface area contributed by atoms with Gasteiger partial charge in [0.2, 0.25) is 15.9 Å². The van der Waals surface area contributed by atoms with Gasteiger partial charge in [-0.2, -0.15) is 0 Å². The molecule has 2 N–H and O–H groups in total. The second-order valence-electron chi connectivity index (χ2n) is 3.26. The van der Waals surface area contributed by atoms with Crippen LogP contribution < -0.4 is 10.0 Å². The SMILES string of the molecule is CN(c1ccc(Cl)c(C(N)=O)c1)S(C)(=O)=O. The van der Waals surface area contributed by atoms with Gasteiger partial charge in [0.05, 0.1) is 22.5 Å². The molecule has 0 fully saturated rings. The van der Waals surface area contributed by atoms with E-state index in [0.29, 0.717) is 5.69 Å². The zero-order chi connectivity index (χ0) is 12.5. The third kappa shape index (κ3) is 2.65. The Hall–Kier alpha value is -1.27. The molecule has 0 aliphatic rings. The number of carbonyl (C=O) groups excluding carboxylic acids is 1. The summed E-state index contributed by atoms with van der Waals surface area (Å²) in [6, 6.07) is 4.26. The number of nitrogens with zero attached hydrogens (tertiary/aromatic N) is 1. The predicted octanol–water partition coefficient (Wildman–Crippen LogP) is 0.835. The number of benzene rings is 1. The Morgan fingerprint density at radius 3 is 2.44 bits per heavy atom. The van der Waals surface area contributed by atoms with Crippen LogP contribution in [0.15, 0.2) is 18.2 Å². The average Bonchev–Trinajstić information content (AvgIpc) is 2.15. The van der Waals surface area contributed by atoms with Crippen molar-refractivity contribution in [2.24, 2.45) is 5.73 Å². The van der Waals surface area contributed by atoms with E-state index in [2.05, 4.69) is 0 Å². The zero-order valence-corrected chi connectivity index (χ0v) is 10.3. The molecule has 0 radical (unpaired) electrons. The number of hydrogen-bond acceptors (Lipinski definition) is 3. The van der Waals surface area contributed by atoms with E-state index < -0.39 is 15.9 Å². The largest absolute Gasteiger partial charge is 0.366 e. The summed E-state index contributed by atoms with van der Waals surface area (Å²) in [6.07, 6.45) is 1.06. The number of carbonyl (C=O) groups is 1. The van der Waals surface area contributed by atoms with Crippen LogP contribution in [0.1, 0.15) is 10.4 Å². The van der Waals surface area contributed by atoms with Crippen LogP contribution in [0.5, 0.6) is 0 Å². The summed E-state index contributed by atoms with van der Waals surface area (Å²) < 4.78 is 23.6. The Labute approximate surface area is 98.9 Å². The summed E-state index contributed by atoms with van der Waals surface area (Å²) in [5.41, 5.74) is 5.53. The van der Waals surface area contributed by atoms with Crippen molar-refractivity contribution in [3.05, 3.63) is 28.8 Å². The molecule has 0 aliphatic heterocycles. The summed E-state index contributed by atoms with van der Waals surface area (Å²) in [6.45, 7) is 0. The van der Waals surface area contributed by atoms with Crippen molar-refractivity contribution >= 4 is 33.2 Å². The molecule has 0 spiro atoms. The normalized spacial score (nSPS) is 11.2. The molecule has 88 valence electrons. The second-order valence-corrected chi connectivity index (χ2v) is 5.68. The molecule has 1 amide bonds. The molecule has 5 nitrogen and oxygen atoms in total. The fraction of sp³-hybridized carbons (Fsp3) is 0.222. The lowest BCUT2D eigenvalue weighted by Crippen LogP contribution is -2.25. The van der Waals surface area contributed by atoms with Crippen molar-refractivity contribution < 1.29 is 13.2 Å². The van der Waals surface area contributed by atoms with E-state index >= 15 is 0 Å². The number of hydrogen-bond donors (Lipinski definition) is 1. The van der Waals surface area contributed by atoms with Crippen LogP contribution in [0.2, 0.25) is 5.02 Å². The van der Waals surface area contributed by atoms with Crippen LogP contribution in [0.4, 0.5) is 5.69 Å². The van der Waals surface area contributed by atoms with E-state index in [0.717, 1.165) is 10.6 Å². The number of rotatable bonds is 3. The molecule has 0 saturated heterocycles. The molecular weight excluding hydrogens is 252 g/mol. The second kappa shape index (κ2) is 4.31. The molecule has 0 aliphatic carbocycles. The quantitative estimate of drug-likeness (QED) is 0.876. The Bertz CT molecular complexity index is 528. The Morgan fingerprint density at radius 1 is 1.44 bits per heavy atom. The van der Waals surface area contributed by atoms with Crippen LogP contribution in [0.3, 0.4) is 0 Å². The van der Waals surface area contributed by atoms with Gasteiger partial charge in [0.15, 0.2) is 0 Å². The van der Waals surface area contributed by atoms with Crippen molar-refractivity contribution in [1.82, 2.24) is 0 Å². The molecule has 0 unspecified atom stereocenters. The van der Waals surface area contributed by atoms with Gasteiger partial charge in [-0.15, -0.1) is 0 Å². The Kier molecular flexibility index (Phi) is 3.44. The number of primary amides is 1. The number of halogens is 1. The van der Waals surface area contributed by atoms with Crippen LogP contribution in [-0.2, 0) is 10.0 Å². The fourth-order valence-electron chi connectivity index (χ4n) is 1.09. The summed E-state index contributed by atoms with van der Waals surface area (Å²) in [5, 5.41) is 0.193. The van der Waals surface area contributed by atoms with Gasteiger partial charge in [-0.25, -0.2) is 8.42 Å². The first-order valence-electron chi connectivity index (χ1n) is 4.26. The van der Waals surface area contributed by atoms with E-state index in [1.54, 1.807) is 0 Å². The fourth-order valence-corrected chi connectivity index (χ4v) is 1.80. The summed E-state index contributed by atoms with van der Waals surface area (Å²) >= 11 is 5.74. The maximum Gasteiger partial charge on any atom is 0.250 e. The standard InChI is InChI=1S/C9H11ClN2O3S/c1-12(16(2,14)15)6-3-4-8(10)7(5-6)9(11)13/h3-5H,1-2H3,(H2,11,13). The van der Waals surface area contributed by atoms with Crippen molar-refractivity contribution in [2.75, 3.05) is 17.6 Å². The summed E-state index contributed by atoms with van der Waals surface area (Å²) in [5.74, 6) is -0.700. The molecule has 0 aromatic heterocycles. The van der Waals surface area contributed by atoms with E-state index in [1.807, 2.05) is 0 Å². The van der Waals surface area contributed by atoms with Crippen molar-refractivity contribution in [1.29, 1.82) is 0 Å². The van der Waals surface area contributed by atoms with Gasteiger partial charge in [0.1, 0.15) is 0 Å². The molecule has 0 bridgehead atoms. The molecular formula is C9H11ClN2O3S. The first-order valence-corrected chi connectivity index (χ1v) is 6.49. The molecule has 1 aromatic rings. The number of sulfonamides is 1. The van der Waals surface area contributed by atoms with Crippen molar-refractivity contribution in [2.45, 2.75) is 0 Å². The smallest absolute Gasteiger partial charge is 0.250 e. The molecule has 0 saturated carbocycles. The number of anilines is 1. The number of nitrogens with two attached hydrogens (primary N) is 1. The van der Waals surface area contributed by atoms with Gasteiger partial charge >= 0.3 is 0 Å². The van der Waals surface area contributed by atoms with Gasteiger partial charge in [0, 0.05) is 7.05 Å². The molecule has 0 atom stereocenters. The lowest BCUT2D eigenvalue weighted by Gasteiger charge is -2.17. The minimum atomic E-state index is -3.37. The van der Waals surface area contributed by atoms with E-state index in [4.69, 9.17) is 17.3 Å². The zero-order valence-electron chi connectivity index (χ0n) is 8.77. The summed E-state index contributed by atoms with van der Waals surface area (Å²) in [7, 11) is -1.99. The van der Waals surface area contributed by atoms with Gasteiger partial charge in [0.25, 0.3) is 0 Å². The maximum absolute atomic E-state index is 11.3. The molecule has 0 heterocycles. The maximum atomic E-state index is 11.3. The third-order valence-corrected chi connectivity index (χ3v) is 3.61. The van der Waals surface area contributed by atoms with E-state index in [-0.39, 0.29) is 10.6 Å². The van der Waals surface area contributed by atoms with Crippen LogP contribution in [0.25, 0.3) is 0 Å². The van der Waals surface area contributed by atoms with Crippen LogP contribution in [0, 0.1) is 0 Å². The van der Waals surface area contributed by atoms with Crippen LogP contribution in [-0.4, -0.2) is 27.6 Å². The topological polar surface area (TPSA) is 80.5 Å². The highest BCUT2D eigenvalue weighted by molar-refractivity contribution is 7.92. The third-order valence-electron chi connectivity index (χ3n) is 2.08. The van der Waals surface area contributed by atoms with Crippen LogP contribution >= 0.6 is 11.6 Å². The van der Waals surface area contributed by atoms with Gasteiger partial charge in [-0.3, -0.25) is 9.10 Å². The van der Waals surface area contributed by atoms with E-state index in [1.165, 1.54) is 25.2 Å². The average molecular weight is 263 g/mol. The minimum Gasteiger partial charge on any atom is -0.366 e. The van der Waals surface area contributed by atoms with E-state index in [9.17, 15) is 13.2 Å². The lowest BCUT2D eigenvalue weighted by atomic mass is 10.2. The van der Waals surface area contributed by atoms with Gasteiger partial charge in [-0.1, -0.05) is 11.6 Å². The lowest BCUT2D eigenvalue weighted by molar-refractivity contribution is 0.100. The van der Waals surface area contributed by atoms with Gasteiger partial charge in [-0.05, 0) is 18.2 Å². The molecule has 16 heavy (non-hydrogen) atoms. The molecule has 7 heteroatoms. The Balaban J connectivity index is 3.29. The molecule has 1 aromatic carbocycles. The Morgan fingerprint density at radius 2 is 2.00 bits per heavy atom. The molecule has 1 rings (SSSR count).